The number of benzene rings is 1. The van der Waals surface area contributed by atoms with Crippen LogP contribution in [0.3, 0.4) is 0 Å². The number of anilines is 1. The number of hydrogen-bond donors (Lipinski definition) is 1. The molecule has 1 aromatic carbocycles. The molecule has 1 unspecified atom stereocenters. The summed E-state index contributed by atoms with van der Waals surface area (Å²) in [5.41, 5.74) is 1.71. The topological polar surface area (TPSA) is 97.7 Å². The quantitative estimate of drug-likeness (QED) is 0.797. The molecule has 2 heterocycles. The van der Waals surface area contributed by atoms with E-state index >= 15 is 0 Å². The maximum absolute atomic E-state index is 13.1. The minimum atomic E-state index is -3.69. The second kappa shape index (κ2) is 8.00. The van der Waals surface area contributed by atoms with Crippen LogP contribution in [0, 0.1) is 13.8 Å². The zero-order valence-electron chi connectivity index (χ0n) is 16.9. The fraction of sp³-hybridized carbons (Fsp3) is 0.400. The van der Waals surface area contributed by atoms with Crippen molar-refractivity contribution in [3.63, 3.8) is 0 Å². The minimum Gasteiger partial charge on any atom is -0.489 e. The van der Waals surface area contributed by atoms with Gasteiger partial charge in [0.25, 0.3) is 5.56 Å². The summed E-state index contributed by atoms with van der Waals surface area (Å²) in [5, 5.41) is 2.65. The predicted molar refractivity (Wildman–Crippen MR) is 110 cm³/mol. The Bertz CT molecular complexity index is 1110. The molecule has 0 bridgehead atoms. The van der Waals surface area contributed by atoms with E-state index in [0.29, 0.717) is 30.0 Å². The van der Waals surface area contributed by atoms with Gasteiger partial charge in [0.1, 0.15) is 11.9 Å². The average molecular weight is 420 g/mol. The molecule has 2 aromatic rings. The van der Waals surface area contributed by atoms with E-state index in [1.165, 1.54) is 27.9 Å². The van der Waals surface area contributed by atoms with Gasteiger partial charge in [0.15, 0.2) is 0 Å². The molecular weight excluding hydrogens is 394 g/mol. The molecule has 1 atom stereocenters. The lowest BCUT2D eigenvalue weighted by molar-refractivity contribution is -0.114. The molecule has 1 saturated heterocycles. The molecule has 1 fully saturated rings. The van der Waals surface area contributed by atoms with Gasteiger partial charge in [-0.1, -0.05) is 0 Å². The number of sulfonamides is 1. The highest BCUT2D eigenvalue weighted by Gasteiger charge is 2.34. The number of ether oxygens (including phenoxy) is 1. The van der Waals surface area contributed by atoms with Crippen molar-refractivity contribution >= 4 is 21.6 Å². The van der Waals surface area contributed by atoms with Crippen LogP contribution in [-0.2, 0) is 21.9 Å². The Balaban J connectivity index is 1.75. The van der Waals surface area contributed by atoms with E-state index < -0.39 is 10.0 Å². The summed E-state index contributed by atoms with van der Waals surface area (Å²) in [5.74, 6) is 0.233. The SMILES string of the molecule is CC(=O)Nc1ccc(S(=O)(=O)N2CCC(Oc3cc(C)n(C)c(=O)c3)C2)c(C)c1. The molecule has 0 radical (unpaired) electrons. The number of rotatable bonds is 5. The summed E-state index contributed by atoms with van der Waals surface area (Å²) in [6.07, 6.45) is 0.214. The van der Waals surface area contributed by atoms with Crippen molar-refractivity contribution < 1.29 is 17.9 Å². The average Bonchev–Trinajstić information content (AvgIpc) is 3.08. The van der Waals surface area contributed by atoms with E-state index in [4.69, 9.17) is 4.74 Å². The summed E-state index contributed by atoms with van der Waals surface area (Å²) < 4.78 is 34.9. The van der Waals surface area contributed by atoms with Crippen molar-refractivity contribution in [1.82, 2.24) is 8.87 Å². The van der Waals surface area contributed by atoms with E-state index in [1.54, 1.807) is 32.2 Å². The van der Waals surface area contributed by atoms with Gasteiger partial charge < -0.3 is 14.6 Å². The van der Waals surface area contributed by atoms with E-state index in [9.17, 15) is 18.0 Å². The fourth-order valence-electron chi connectivity index (χ4n) is 3.37. The van der Waals surface area contributed by atoms with Crippen molar-refractivity contribution in [2.24, 2.45) is 7.05 Å². The number of nitrogens with zero attached hydrogens (tertiary/aromatic N) is 2. The Morgan fingerprint density at radius 2 is 1.93 bits per heavy atom. The van der Waals surface area contributed by atoms with E-state index in [2.05, 4.69) is 5.32 Å². The van der Waals surface area contributed by atoms with Crippen LogP contribution >= 0.6 is 0 Å². The van der Waals surface area contributed by atoms with Crippen molar-refractivity contribution in [2.75, 3.05) is 18.4 Å². The van der Waals surface area contributed by atoms with Gasteiger partial charge in [-0.25, -0.2) is 8.42 Å². The van der Waals surface area contributed by atoms with E-state index in [-0.39, 0.29) is 29.0 Å². The van der Waals surface area contributed by atoms with Gasteiger partial charge in [-0.15, -0.1) is 0 Å². The van der Waals surface area contributed by atoms with Crippen LogP contribution in [0.25, 0.3) is 0 Å². The van der Waals surface area contributed by atoms with Crippen molar-refractivity contribution in [2.45, 2.75) is 38.2 Å². The number of pyridine rings is 1. The first-order chi connectivity index (χ1) is 13.6. The Morgan fingerprint density at radius 1 is 1.21 bits per heavy atom. The lowest BCUT2D eigenvalue weighted by atomic mass is 10.2. The summed E-state index contributed by atoms with van der Waals surface area (Å²) in [7, 11) is -2.00. The number of aromatic nitrogens is 1. The van der Waals surface area contributed by atoms with Gasteiger partial charge in [-0.3, -0.25) is 9.59 Å². The molecule has 1 amide bonds. The Hall–Kier alpha value is -2.65. The monoisotopic (exact) mass is 419 g/mol. The zero-order valence-corrected chi connectivity index (χ0v) is 17.7. The molecule has 156 valence electrons. The van der Waals surface area contributed by atoms with Gasteiger partial charge in [0.2, 0.25) is 15.9 Å². The smallest absolute Gasteiger partial charge is 0.254 e. The van der Waals surface area contributed by atoms with Crippen LogP contribution in [0.5, 0.6) is 5.75 Å². The molecule has 8 nitrogen and oxygen atoms in total. The van der Waals surface area contributed by atoms with Crippen molar-refractivity contribution in [1.29, 1.82) is 0 Å². The van der Waals surface area contributed by atoms with Gasteiger partial charge in [-0.05, 0) is 50.1 Å². The third kappa shape index (κ3) is 4.51. The Labute approximate surface area is 170 Å². The Kier molecular flexibility index (Phi) is 5.81. The lowest BCUT2D eigenvalue weighted by Gasteiger charge is -2.19. The van der Waals surface area contributed by atoms with Gasteiger partial charge >= 0.3 is 0 Å². The second-order valence-corrected chi connectivity index (χ2v) is 9.19. The highest BCUT2D eigenvalue weighted by Crippen LogP contribution is 2.27. The lowest BCUT2D eigenvalue weighted by Crippen LogP contribution is -2.31. The molecule has 0 spiro atoms. The molecule has 1 aromatic heterocycles. The van der Waals surface area contributed by atoms with Crippen LogP contribution in [0.15, 0.2) is 40.0 Å². The van der Waals surface area contributed by atoms with E-state index in [0.717, 1.165) is 5.69 Å². The minimum absolute atomic E-state index is 0.169. The third-order valence-electron chi connectivity index (χ3n) is 5.00. The first kappa shape index (κ1) is 21.1. The summed E-state index contributed by atoms with van der Waals surface area (Å²) in [6, 6.07) is 7.90. The molecule has 0 saturated carbocycles. The molecule has 9 heteroatoms. The molecule has 1 N–H and O–H groups in total. The molecule has 1 aliphatic rings. The number of amides is 1. The van der Waals surface area contributed by atoms with Gasteiger partial charge in [-0.2, -0.15) is 4.31 Å². The highest BCUT2D eigenvalue weighted by molar-refractivity contribution is 7.89. The van der Waals surface area contributed by atoms with Crippen LogP contribution in [-0.4, -0.2) is 42.4 Å². The maximum atomic E-state index is 13.1. The predicted octanol–water partition coefficient (Wildman–Crippen LogP) is 1.80. The van der Waals surface area contributed by atoms with Crippen LogP contribution in [0.1, 0.15) is 24.6 Å². The molecular formula is C20H25N3O5S. The normalized spacial score (nSPS) is 17.3. The van der Waals surface area contributed by atoms with Crippen LogP contribution in [0.4, 0.5) is 5.69 Å². The molecule has 0 aliphatic carbocycles. The third-order valence-corrected chi connectivity index (χ3v) is 7.03. The fourth-order valence-corrected chi connectivity index (χ4v) is 5.06. The van der Waals surface area contributed by atoms with Crippen molar-refractivity contribution in [3.8, 4) is 5.75 Å². The Morgan fingerprint density at radius 3 is 2.55 bits per heavy atom. The standard InChI is InChI=1S/C20H25N3O5S/c1-13-9-16(21-15(3)24)5-6-19(13)29(26,27)23-8-7-17(12-23)28-18-10-14(2)22(4)20(25)11-18/h5-6,9-11,17H,7-8,12H2,1-4H3,(H,21,24). The number of hydrogen-bond acceptors (Lipinski definition) is 5. The number of carbonyl (C=O) groups excluding carboxylic acids is 1. The molecule has 3 rings (SSSR count). The van der Waals surface area contributed by atoms with Crippen LogP contribution in [0.2, 0.25) is 0 Å². The summed E-state index contributed by atoms with van der Waals surface area (Å²) in [4.78, 5) is 23.3. The molecule has 29 heavy (non-hydrogen) atoms. The van der Waals surface area contributed by atoms with Crippen molar-refractivity contribution in [3.05, 3.63) is 51.9 Å². The largest absolute Gasteiger partial charge is 0.489 e. The summed E-state index contributed by atoms with van der Waals surface area (Å²) >= 11 is 0. The first-order valence-electron chi connectivity index (χ1n) is 9.30. The zero-order chi connectivity index (χ0) is 21.3. The maximum Gasteiger partial charge on any atom is 0.254 e. The van der Waals surface area contributed by atoms with Gasteiger partial charge in [0, 0.05) is 38.0 Å². The number of aryl methyl sites for hydroxylation is 2. The number of carbonyl (C=O) groups is 1. The second-order valence-electron chi connectivity index (χ2n) is 7.28. The number of nitrogens with one attached hydrogen (secondary N) is 1. The van der Waals surface area contributed by atoms with E-state index in [1.807, 2.05) is 6.92 Å². The first-order valence-corrected chi connectivity index (χ1v) is 10.7. The highest BCUT2D eigenvalue weighted by atomic mass is 32.2. The molecule has 1 aliphatic heterocycles. The van der Waals surface area contributed by atoms with Gasteiger partial charge in [0.05, 0.1) is 11.4 Å². The summed E-state index contributed by atoms with van der Waals surface area (Å²) in [6.45, 7) is 5.46. The van der Waals surface area contributed by atoms with Crippen LogP contribution < -0.4 is 15.6 Å².